The maximum atomic E-state index is 5.91. The van der Waals surface area contributed by atoms with Crippen LogP contribution in [0.2, 0.25) is 0 Å². The van der Waals surface area contributed by atoms with E-state index >= 15 is 0 Å². The molecule has 0 atom stereocenters. The first-order valence-corrected chi connectivity index (χ1v) is 7.99. The van der Waals surface area contributed by atoms with Crippen molar-refractivity contribution in [1.29, 1.82) is 0 Å². The molecule has 0 bridgehead atoms. The Kier molecular flexibility index (Phi) is 6.63. The van der Waals surface area contributed by atoms with Crippen LogP contribution in [0.4, 0.5) is 5.69 Å². The molecule has 0 aliphatic rings. The van der Waals surface area contributed by atoms with E-state index in [1.54, 1.807) is 0 Å². The van der Waals surface area contributed by atoms with Crippen molar-refractivity contribution in [2.24, 2.45) is 10.7 Å². The summed E-state index contributed by atoms with van der Waals surface area (Å²) in [5.41, 5.74) is 9.44. The molecule has 4 heteroatoms. The number of hydrogen-bond acceptors (Lipinski definition) is 2. The van der Waals surface area contributed by atoms with Gasteiger partial charge in [0.05, 0.1) is 0 Å². The minimum Gasteiger partial charge on any atom is -0.370 e. The smallest absolute Gasteiger partial charge is 0.193 e. The third kappa shape index (κ3) is 6.53. The summed E-state index contributed by atoms with van der Waals surface area (Å²) in [6, 6.07) is 18.6. The van der Waals surface area contributed by atoms with Crippen LogP contribution < -0.4 is 11.1 Å². The molecular weight excluding hydrogens is 284 g/mol. The van der Waals surface area contributed by atoms with Gasteiger partial charge in [0, 0.05) is 18.8 Å². The predicted octanol–water partition coefficient (Wildman–Crippen LogP) is 3.24. The van der Waals surface area contributed by atoms with Crippen molar-refractivity contribution in [3.8, 4) is 0 Å². The maximum Gasteiger partial charge on any atom is 0.193 e. The number of nitrogens with two attached hydrogens (primary N) is 1. The highest BCUT2D eigenvalue weighted by molar-refractivity contribution is 5.92. The molecule has 4 nitrogen and oxygen atoms in total. The van der Waals surface area contributed by atoms with Crippen molar-refractivity contribution in [2.45, 2.75) is 19.9 Å². The number of benzene rings is 2. The molecule has 0 aromatic heterocycles. The van der Waals surface area contributed by atoms with Gasteiger partial charge in [0.2, 0.25) is 0 Å². The van der Waals surface area contributed by atoms with Gasteiger partial charge in [-0.2, -0.15) is 0 Å². The van der Waals surface area contributed by atoms with E-state index in [9.17, 15) is 0 Å². The van der Waals surface area contributed by atoms with Gasteiger partial charge in [-0.25, -0.2) is 0 Å². The fraction of sp³-hybridized carbons (Fsp3) is 0.316. The lowest BCUT2D eigenvalue weighted by atomic mass is 10.2. The van der Waals surface area contributed by atoms with Gasteiger partial charge in [0.25, 0.3) is 0 Å². The Labute approximate surface area is 139 Å². The fourth-order valence-electron chi connectivity index (χ4n) is 2.34. The fourth-order valence-corrected chi connectivity index (χ4v) is 2.34. The van der Waals surface area contributed by atoms with Crippen LogP contribution in [0.1, 0.15) is 17.5 Å². The molecule has 3 N–H and O–H groups in total. The number of rotatable bonds is 7. The van der Waals surface area contributed by atoms with Crippen molar-refractivity contribution in [2.75, 3.05) is 25.5 Å². The molecule has 0 unspecified atom stereocenters. The molecule has 0 aliphatic carbocycles. The predicted molar refractivity (Wildman–Crippen MR) is 98.7 cm³/mol. The quantitative estimate of drug-likeness (QED) is 0.469. The van der Waals surface area contributed by atoms with E-state index < -0.39 is 0 Å². The zero-order chi connectivity index (χ0) is 16.5. The molecule has 2 rings (SSSR count). The van der Waals surface area contributed by atoms with Gasteiger partial charge in [0.15, 0.2) is 5.96 Å². The number of nitrogens with one attached hydrogen (secondary N) is 1. The normalized spacial score (nSPS) is 11.7. The molecule has 0 heterocycles. The van der Waals surface area contributed by atoms with Crippen LogP contribution in [0.5, 0.6) is 0 Å². The molecule has 0 amide bonds. The van der Waals surface area contributed by atoms with Crippen molar-refractivity contribution in [3.63, 3.8) is 0 Å². The first kappa shape index (κ1) is 17.0. The molecule has 122 valence electrons. The minimum atomic E-state index is 0.472. The number of guanidine groups is 1. The van der Waals surface area contributed by atoms with Gasteiger partial charge in [-0.05, 0) is 44.6 Å². The average Bonchev–Trinajstić information content (AvgIpc) is 2.55. The summed E-state index contributed by atoms with van der Waals surface area (Å²) in [6.45, 7) is 4.74. The van der Waals surface area contributed by atoms with Crippen LogP contribution in [0, 0.1) is 6.92 Å². The maximum absolute atomic E-state index is 5.91. The van der Waals surface area contributed by atoms with Gasteiger partial charge in [-0.3, -0.25) is 4.99 Å². The Morgan fingerprint density at radius 1 is 1.09 bits per heavy atom. The highest BCUT2D eigenvalue weighted by atomic mass is 15.1. The largest absolute Gasteiger partial charge is 0.370 e. The number of aryl methyl sites for hydroxylation is 1. The molecule has 0 fully saturated rings. The second-order valence-electron chi connectivity index (χ2n) is 5.83. The molecule has 23 heavy (non-hydrogen) atoms. The Morgan fingerprint density at radius 2 is 1.78 bits per heavy atom. The summed E-state index contributed by atoms with van der Waals surface area (Å²) >= 11 is 0. The third-order valence-corrected chi connectivity index (χ3v) is 3.60. The Balaban J connectivity index is 1.68. The van der Waals surface area contributed by atoms with E-state index in [2.05, 4.69) is 53.4 Å². The lowest BCUT2D eigenvalue weighted by Crippen LogP contribution is -2.24. The first-order valence-electron chi connectivity index (χ1n) is 7.99. The van der Waals surface area contributed by atoms with Crippen molar-refractivity contribution >= 4 is 11.6 Å². The summed E-state index contributed by atoms with van der Waals surface area (Å²) in [7, 11) is 2.13. The summed E-state index contributed by atoms with van der Waals surface area (Å²) in [6.07, 6.45) is 0.986. The first-order chi connectivity index (χ1) is 11.1. The van der Waals surface area contributed by atoms with Crippen LogP contribution in [0.25, 0.3) is 0 Å². The minimum absolute atomic E-state index is 0.472. The molecular formula is C19H26N4. The molecule has 0 aliphatic heterocycles. The number of anilines is 1. The molecule has 2 aromatic carbocycles. The number of hydrogen-bond donors (Lipinski definition) is 2. The summed E-state index contributed by atoms with van der Waals surface area (Å²) in [5.74, 6) is 0.472. The van der Waals surface area contributed by atoms with E-state index in [4.69, 9.17) is 5.73 Å². The molecule has 0 saturated heterocycles. The van der Waals surface area contributed by atoms with Gasteiger partial charge >= 0.3 is 0 Å². The monoisotopic (exact) mass is 310 g/mol. The van der Waals surface area contributed by atoms with Gasteiger partial charge < -0.3 is 16.0 Å². The van der Waals surface area contributed by atoms with Crippen LogP contribution in [-0.4, -0.2) is 31.0 Å². The average molecular weight is 310 g/mol. The van der Waals surface area contributed by atoms with Gasteiger partial charge in [-0.1, -0.05) is 48.0 Å². The molecule has 0 spiro atoms. The van der Waals surface area contributed by atoms with E-state index in [-0.39, 0.29) is 0 Å². The Morgan fingerprint density at radius 3 is 2.48 bits per heavy atom. The van der Waals surface area contributed by atoms with E-state index in [0.29, 0.717) is 5.96 Å². The molecule has 0 saturated carbocycles. The summed E-state index contributed by atoms with van der Waals surface area (Å²) in [4.78, 5) is 6.68. The highest BCUT2D eigenvalue weighted by Gasteiger charge is 2.00. The van der Waals surface area contributed by atoms with E-state index in [1.807, 2.05) is 30.3 Å². The zero-order valence-corrected chi connectivity index (χ0v) is 14.0. The topological polar surface area (TPSA) is 53.6 Å². The standard InChI is InChI=1S/C19H26N4/c1-16-9-11-18(12-10-16)22-19(20)21-13-6-14-23(2)15-17-7-4-3-5-8-17/h3-5,7-12H,6,13-15H2,1-2H3,(H3,20,21,22). The lowest BCUT2D eigenvalue weighted by Gasteiger charge is -2.16. The number of aliphatic imine (C=N–C) groups is 1. The molecule has 0 radical (unpaired) electrons. The second kappa shape index (κ2) is 8.96. The van der Waals surface area contributed by atoms with Crippen molar-refractivity contribution < 1.29 is 0 Å². The van der Waals surface area contributed by atoms with Crippen molar-refractivity contribution in [1.82, 2.24) is 4.90 Å². The van der Waals surface area contributed by atoms with Gasteiger partial charge in [0.1, 0.15) is 0 Å². The number of nitrogens with zero attached hydrogens (tertiary/aromatic N) is 2. The second-order valence-corrected chi connectivity index (χ2v) is 5.83. The highest BCUT2D eigenvalue weighted by Crippen LogP contribution is 2.08. The van der Waals surface area contributed by atoms with Crippen LogP contribution in [0.3, 0.4) is 0 Å². The van der Waals surface area contributed by atoms with Crippen LogP contribution in [-0.2, 0) is 6.54 Å². The van der Waals surface area contributed by atoms with Crippen molar-refractivity contribution in [3.05, 3.63) is 65.7 Å². The Hall–Kier alpha value is -2.33. The van der Waals surface area contributed by atoms with E-state index in [0.717, 1.165) is 31.7 Å². The Bertz CT molecular complexity index is 605. The molecule has 2 aromatic rings. The third-order valence-electron chi connectivity index (χ3n) is 3.60. The summed E-state index contributed by atoms with van der Waals surface area (Å²) in [5, 5.41) is 3.11. The SMILES string of the molecule is Cc1ccc(NC(N)=NCCCN(C)Cc2ccccc2)cc1. The van der Waals surface area contributed by atoms with E-state index in [1.165, 1.54) is 11.1 Å². The lowest BCUT2D eigenvalue weighted by molar-refractivity contribution is 0.324. The van der Waals surface area contributed by atoms with Crippen LogP contribution in [0.15, 0.2) is 59.6 Å². The zero-order valence-electron chi connectivity index (χ0n) is 14.0. The summed E-state index contributed by atoms with van der Waals surface area (Å²) < 4.78 is 0. The van der Waals surface area contributed by atoms with Gasteiger partial charge in [-0.15, -0.1) is 0 Å². The van der Waals surface area contributed by atoms with Crippen LogP contribution >= 0.6 is 0 Å².